The van der Waals surface area contributed by atoms with Crippen molar-refractivity contribution in [2.75, 3.05) is 6.61 Å². The smallest absolute Gasteiger partial charge is 0.396 e. The predicted molar refractivity (Wildman–Crippen MR) is 51.9 cm³/mol. The van der Waals surface area contributed by atoms with Crippen molar-refractivity contribution in [3.05, 3.63) is 29.6 Å². The number of nitrogens with one attached hydrogen (secondary N) is 1. The Kier molecular flexibility index (Phi) is 2.59. The minimum Gasteiger partial charge on any atom is -0.396 e. The molecule has 0 bridgehead atoms. The van der Waals surface area contributed by atoms with E-state index in [0.717, 1.165) is 12.1 Å². The Hall–Kier alpha value is -1.56. The number of hydrogen-bond donors (Lipinski definition) is 2. The molecule has 0 amide bonds. The van der Waals surface area contributed by atoms with Crippen LogP contribution in [0.4, 0.5) is 13.2 Å². The molecule has 3 nitrogen and oxygen atoms in total. The van der Waals surface area contributed by atoms with Crippen molar-refractivity contribution in [3.8, 4) is 0 Å². The van der Waals surface area contributed by atoms with Gasteiger partial charge in [0.05, 0.1) is 22.9 Å². The maximum Gasteiger partial charge on any atom is 0.416 e. The molecule has 16 heavy (non-hydrogen) atoms. The summed E-state index contributed by atoms with van der Waals surface area (Å²) >= 11 is 0. The summed E-state index contributed by atoms with van der Waals surface area (Å²) in [6.07, 6.45) is -2.89. The molecule has 0 aliphatic carbocycles. The van der Waals surface area contributed by atoms with Gasteiger partial charge in [0.15, 0.2) is 0 Å². The van der Waals surface area contributed by atoms with Crippen LogP contribution in [0.15, 0.2) is 18.5 Å². The first-order valence-electron chi connectivity index (χ1n) is 4.66. The average Bonchev–Trinajstić information content (AvgIpc) is 2.64. The molecule has 0 saturated heterocycles. The van der Waals surface area contributed by atoms with Crippen LogP contribution in [0, 0.1) is 0 Å². The van der Waals surface area contributed by atoms with Gasteiger partial charge >= 0.3 is 6.18 Å². The average molecular weight is 230 g/mol. The fourth-order valence-corrected chi connectivity index (χ4v) is 1.60. The highest BCUT2D eigenvalue weighted by Crippen LogP contribution is 2.32. The van der Waals surface area contributed by atoms with Crippen LogP contribution in [0.3, 0.4) is 0 Å². The number of alkyl halides is 3. The third-order valence-corrected chi connectivity index (χ3v) is 2.31. The third kappa shape index (κ3) is 1.88. The molecule has 86 valence electrons. The zero-order valence-electron chi connectivity index (χ0n) is 8.17. The Labute approximate surface area is 88.9 Å². The van der Waals surface area contributed by atoms with Gasteiger partial charge in [-0.1, -0.05) is 0 Å². The lowest BCUT2D eigenvalue weighted by molar-refractivity contribution is -0.137. The molecule has 2 rings (SSSR count). The van der Waals surface area contributed by atoms with E-state index >= 15 is 0 Å². The Morgan fingerprint density at radius 2 is 2.06 bits per heavy atom. The van der Waals surface area contributed by atoms with E-state index in [4.69, 9.17) is 5.11 Å². The van der Waals surface area contributed by atoms with Gasteiger partial charge in [0.25, 0.3) is 0 Å². The summed E-state index contributed by atoms with van der Waals surface area (Å²) in [5.41, 5.74) is 0.474. The molecule has 0 radical (unpaired) electrons. The van der Waals surface area contributed by atoms with Crippen molar-refractivity contribution in [2.24, 2.45) is 0 Å². The second-order valence-electron chi connectivity index (χ2n) is 3.41. The summed E-state index contributed by atoms with van der Waals surface area (Å²) in [4.78, 5) is 6.56. The number of fused-ring (bicyclic) bond motifs is 1. The number of rotatable bonds is 2. The Morgan fingerprint density at radius 1 is 1.31 bits per heavy atom. The van der Waals surface area contributed by atoms with Gasteiger partial charge in [0.1, 0.15) is 0 Å². The van der Waals surface area contributed by atoms with Crippen molar-refractivity contribution in [3.63, 3.8) is 0 Å². The number of hydrogen-bond acceptors (Lipinski definition) is 2. The number of aromatic amines is 1. The van der Waals surface area contributed by atoms with Crippen LogP contribution in [0.1, 0.15) is 11.1 Å². The molecule has 0 spiro atoms. The van der Waals surface area contributed by atoms with Gasteiger partial charge in [0, 0.05) is 6.61 Å². The van der Waals surface area contributed by atoms with E-state index in [0.29, 0.717) is 16.6 Å². The second kappa shape index (κ2) is 3.79. The SMILES string of the molecule is OCCc1cc(C(F)(F)F)cc2[nH]cnc12. The van der Waals surface area contributed by atoms with E-state index in [1.54, 1.807) is 0 Å². The molecule has 0 fully saturated rings. The molecule has 1 heterocycles. The third-order valence-electron chi connectivity index (χ3n) is 2.31. The predicted octanol–water partition coefficient (Wildman–Crippen LogP) is 2.12. The van der Waals surface area contributed by atoms with Crippen LogP contribution < -0.4 is 0 Å². The fraction of sp³-hybridized carbons (Fsp3) is 0.300. The fourth-order valence-electron chi connectivity index (χ4n) is 1.60. The Bertz CT molecular complexity index is 504. The number of imidazole rings is 1. The maximum atomic E-state index is 12.5. The lowest BCUT2D eigenvalue weighted by atomic mass is 10.1. The van der Waals surface area contributed by atoms with Gasteiger partial charge in [-0.3, -0.25) is 0 Å². The van der Waals surface area contributed by atoms with Crippen molar-refractivity contribution in [2.45, 2.75) is 12.6 Å². The molecular formula is C10H9F3N2O. The van der Waals surface area contributed by atoms with Gasteiger partial charge in [-0.25, -0.2) is 4.98 Å². The normalized spacial score (nSPS) is 12.2. The van der Waals surface area contributed by atoms with Crippen LogP contribution in [-0.4, -0.2) is 21.7 Å². The van der Waals surface area contributed by atoms with E-state index in [-0.39, 0.29) is 13.0 Å². The minimum atomic E-state index is -4.39. The van der Waals surface area contributed by atoms with E-state index in [1.165, 1.54) is 6.33 Å². The number of nitrogens with zero attached hydrogens (tertiary/aromatic N) is 1. The summed E-state index contributed by atoms with van der Waals surface area (Å²) in [6.45, 7) is -0.205. The molecular weight excluding hydrogens is 221 g/mol. The minimum absolute atomic E-state index is 0.158. The number of aliphatic hydroxyl groups excluding tert-OH is 1. The largest absolute Gasteiger partial charge is 0.416 e. The van der Waals surface area contributed by atoms with Crippen LogP contribution in [0.25, 0.3) is 11.0 Å². The summed E-state index contributed by atoms with van der Waals surface area (Å²) in [5.74, 6) is 0. The molecule has 2 aromatic rings. The van der Waals surface area contributed by atoms with E-state index in [2.05, 4.69) is 9.97 Å². The van der Waals surface area contributed by atoms with Gasteiger partial charge in [-0.15, -0.1) is 0 Å². The number of aromatic nitrogens is 2. The molecule has 1 aromatic heterocycles. The zero-order chi connectivity index (χ0) is 11.8. The highest BCUT2D eigenvalue weighted by Gasteiger charge is 2.31. The molecule has 1 aromatic carbocycles. The second-order valence-corrected chi connectivity index (χ2v) is 3.41. The highest BCUT2D eigenvalue weighted by atomic mass is 19.4. The van der Waals surface area contributed by atoms with Crippen molar-refractivity contribution < 1.29 is 18.3 Å². The van der Waals surface area contributed by atoms with Gasteiger partial charge in [0.2, 0.25) is 0 Å². The summed E-state index contributed by atoms with van der Waals surface area (Å²) in [6, 6.07) is 2.04. The number of H-pyrrole nitrogens is 1. The molecule has 0 atom stereocenters. The number of aliphatic hydroxyl groups is 1. The summed E-state index contributed by atoms with van der Waals surface area (Å²) in [7, 11) is 0. The summed E-state index contributed by atoms with van der Waals surface area (Å²) in [5, 5.41) is 8.79. The monoisotopic (exact) mass is 230 g/mol. The van der Waals surface area contributed by atoms with E-state index in [9.17, 15) is 13.2 Å². The van der Waals surface area contributed by atoms with Crippen LogP contribution in [0.5, 0.6) is 0 Å². The lowest BCUT2D eigenvalue weighted by Gasteiger charge is -2.09. The van der Waals surface area contributed by atoms with Gasteiger partial charge in [-0.2, -0.15) is 13.2 Å². The Balaban J connectivity index is 2.61. The van der Waals surface area contributed by atoms with Crippen molar-refractivity contribution >= 4 is 11.0 Å². The van der Waals surface area contributed by atoms with Gasteiger partial charge in [-0.05, 0) is 24.1 Å². The van der Waals surface area contributed by atoms with Gasteiger partial charge < -0.3 is 10.1 Å². The van der Waals surface area contributed by atoms with Crippen LogP contribution >= 0.6 is 0 Å². The quantitative estimate of drug-likeness (QED) is 0.830. The molecule has 2 N–H and O–H groups in total. The first kappa shape index (κ1) is 10.9. The molecule has 0 unspecified atom stereocenters. The van der Waals surface area contributed by atoms with Crippen LogP contribution in [-0.2, 0) is 12.6 Å². The summed E-state index contributed by atoms with van der Waals surface area (Å²) < 4.78 is 37.6. The van der Waals surface area contributed by atoms with E-state index < -0.39 is 11.7 Å². The zero-order valence-corrected chi connectivity index (χ0v) is 8.17. The molecule has 0 aliphatic rings. The van der Waals surface area contributed by atoms with Crippen LogP contribution in [0.2, 0.25) is 0 Å². The number of halogens is 3. The maximum absolute atomic E-state index is 12.5. The molecule has 0 saturated carbocycles. The van der Waals surface area contributed by atoms with E-state index in [1.807, 2.05) is 0 Å². The molecule has 6 heteroatoms. The lowest BCUT2D eigenvalue weighted by Crippen LogP contribution is -2.06. The van der Waals surface area contributed by atoms with Crippen molar-refractivity contribution in [1.82, 2.24) is 9.97 Å². The topological polar surface area (TPSA) is 48.9 Å². The first-order valence-corrected chi connectivity index (χ1v) is 4.66. The first-order chi connectivity index (χ1) is 7.52. The highest BCUT2D eigenvalue weighted by molar-refractivity contribution is 5.79. The Morgan fingerprint density at radius 3 is 2.69 bits per heavy atom. The standard InChI is InChI=1S/C10H9F3N2O/c11-10(12,13)7-3-6(1-2-16)9-8(4-7)14-5-15-9/h3-5,16H,1-2H2,(H,14,15). The molecule has 0 aliphatic heterocycles. The van der Waals surface area contributed by atoms with Crippen molar-refractivity contribution in [1.29, 1.82) is 0 Å². The number of benzene rings is 1.